The molecule has 0 spiro atoms. The summed E-state index contributed by atoms with van der Waals surface area (Å²) in [5, 5.41) is 9.15. The average Bonchev–Trinajstić information content (AvgIpc) is 2.54. The molecule has 1 aromatic rings. The van der Waals surface area contributed by atoms with Crippen molar-refractivity contribution in [1.82, 2.24) is 4.90 Å². The van der Waals surface area contributed by atoms with E-state index < -0.39 is 5.97 Å². The van der Waals surface area contributed by atoms with Crippen molar-refractivity contribution in [2.75, 3.05) is 19.7 Å². The number of benzene rings is 1. The molecular formula is C18H25NO4. The lowest BCUT2D eigenvalue weighted by atomic mass is 9.86. The molecule has 23 heavy (non-hydrogen) atoms. The zero-order valence-electron chi connectivity index (χ0n) is 13.8. The number of carboxylic acid groups (broad SMARTS) is 1. The van der Waals surface area contributed by atoms with Crippen molar-refractivity contribution >= 4 is 11.9 Å². The highest BCUT2D eigenvalue weighted by Crippen LogP contribution is 2.25. The van der Waals surface area contributed by atoms with Crippen LogP contribution < -0.4 is 4.74 Å². The Morgan fingerprint density at radius 1 is 1.35 bits per heavy atom. The van der Waals surface area contributed by atoms with Gasteiger partial charge in [0, 0.05) is 19.0 Å². The van der Waals surface area contributed by atoms with Gasteiger partial charge in [-0.25, -0.2) is 0 Å². The maximum atomic E-state index is 12.5. The minimum absolute atomic E-state index is 0.00188. The largest absolute Gasteiger partial charge is 0.494 e. The van der Waals surface area contributed by atoms with Crippen molar-refractivity contribution in [3.63, 3.8) is 0 Å². The highest BCUT2D eigenvalue weighted by Gasteiger charge is 2.34. The predicted molar refractivity (Wildman–Crippen MR) is 87.2 cm³/mol. The van der Waals surface area contributed by atoms with Crippen LogP contribution in [-0.4, -0.2) is 41.6 Å². The van der Waals surface area contributed by atoms with Crippen LogP contribution in [0.3, 0.4) is 0 Å². The number of hydrogen-bond acceptors (Lipinski definition) is 3. The van der Waals surface area contributed by atoms with E-state index in [1.807, 2.05) is 44.2 Å². The molecule has 0 bridgehead atoms. The van der Waals surface area contributed by atoms with Gasteiger partial charge >= 0.3 is 5.97 Å². The maximum Gasteiger partial charge on any atom is 0.306 e. The molecule has 1 saturated heterocycles. The van der Waals surface area contributed by atoms with E-state index in [1.165, 1.54) is 0 Å². The maximum absolute atomic E-state index is 12.5. The van der Waals surface area contributed by atoms with Crippen LogP contribution in [0.4, 0.5) is 0 Å². The molecule has 2 rings (SSSR count). The lowest BCUT2D eigenvalue weighted by Crippen LogP contribution is -2.46. The van der Waals surface area contributed by atoms with E-state index in [1.54, 1.807) is 4.90 Å². The number of carboxylic acids is 1. The molecule has 1 amide bonds. The number of hydrogen-bond donors (Lipinski definition) is 1. The third kappa shape index (κ3) is 4.71. The Morgan fingerprint density at radius 3 is 2.65 bits per heavy atom. The molecule has 1 aliphatic heterocycles. The Labute approximate surface area is 137 Å². The van der Waals surface area contributed by atoms with Gasteiger partial charge in [0.25, 0.3) is 0 Å². The number of piperidine rings is 1. The molecule has 0 aliphatic carbocycles. The minimum atomic E-state index is -0.756. The van der Waals surface area contributed by atoms with Crippen molar-refractivity contribution in [2.24, 2.45) is 17.8 Å². The summed E-state index contributed by atoms with van der Waals surface area (Å²) in [5.41, 5.74) is 0. The second kappa shape index (κ2) is 7.99. The molecule has 0 radical (unpaired) electrons. The lowest BCUT2D eigenvalue weighted by molar-refractivity contribution is -0.149. The fraction of sp³-hybridized carbons (Fsp3) is 0.556. The first kappa shape index (κ1) is 17.3. The van der Waals surface area contributed by atoms with Gasteiger partial charge in [0.05, 0.1) is 12.5 Å². The van der Waals surface area contributed by atoms with Gasteiger partial charge in [-0.2, -0.15) is 0 Å². The molecule has 3 unspecified atom stereocenters. The predicted octanol–water partition coefficient (Wildman–Crippen LogP) is 2.66. The van der Waals surface area contributed by atoms with Gasteiger partial charge < -0.3 is 14.7 Å². The van der Waals surface area contributed by atoms with Crippen molar-refractivity contribution in [3.8, 4) is 5.75 Å². The minimum Gasteiger partial charge on any atom is -0.494 e. The van der Waals surface area contributed by atoms with Gasteiger partial charge in [0.15, 0.2) is 0 Å². The van der Waals surface area contributed by atoms with Crippen molar-refractivity contribution < 1.29 is 19.4 Å². The second-order valence-electron chi connectivity index (χ2n) is 6.35. The van der Waals surface area contributed by atoms with Gasteiger partial charge in [-0.05, 0) is 30.9 Å². The van der Waals surface area contributed by atoms with E-state index in [2.05, 4.69) is 0 Å². The van der Waals surface area contributed by atoms with Gasteiger partial charge in [-0.3, -0.25) is 9.59 Å². The number of rotatable bonds is 6. The van der Waals surface area contributed by atoms with Crippen LogP contribution in [0, 0.1) is 17.8 Å². The number of carbonyl (C=O) groups excluding carboxylic acids is 1. The van der Waals surface area contributed by atoms with Crippen molar-refractivity contribution in [1.29, 1.82) is 0 Å². The normalized spacial score (nSPS) is 22.4. The number of aliphatic carboxylic acids is 1. The van der Waals surface area contributed by atoms with Gasteiger partial charge in [0.2, 0.25) is 5.91 Å². The van der Waals surface area contributed by atoms with Crippen LogP contribution in [0.15, 0.2) is 30.3 Å². The molecule has 126 valence electrons. The average molecular weight is 319 g/mol. The number of nitrogens with zero attached hydrogens (tertiary/aromatic N) is 1. The number of para-hydroxylation sites is 1. The highest BCUT2D eigenvalue weighted by atomic mass is 16.5. The van der Waals surface area contributed by atoms with Crippen LogP contribution in [0.1, 0.15) is 26.7 Å². The van der Waals surface area contributed by atoms with E-state index in [0.717, 1.165) is 5.75 Å². The van der Waals surface area contributed by atoms with Gasteiger partial charge in [-0.15, -0.1) is 0 Å². The quantitative estimate of drug-likeness (QED) is 0.875. The lowest BCUT2D eigenvalue weighted by Gasteiger charge is -2.36. The summed E-state index contributed by atoms with van der Waals surface area (Å²) in [4.78, 5) is 25.4. The molecule has 5 heteroatoms. The van der Waals surface area contributed by atoms with E-state index >= 15 is 0 Å². The summed E-state index contributed by atoms with van der Waals surface area (Å²) in [7, 11) is 0. The molecular weight excluding hydrogens is 294 g/mol. The number of carbonyl (C=O) groups is 2. The fourth-order valence-corrected chi connectivity index (χ4v) is 3.02. The third-order valence-corrected chi connectivity index (χ3v) is 4.52. The molecule has 1 heterocycles. The molecule has 5 nitrogen and oxygen atoms in total. The Balaban J connectivity index is 1.77. The summed E-state index contributed by atoms with van der Waals surface area (Å²) in [6.07, 6.45) is 1.19. The fourth-order valence-electron chi connectivity index (χ4n) is 3.02. The van der Waals surface area contributed by atoms with E-state index in [4.69, 9.17) is 9.84 Å². The van der Waals surface area contributed by atoms with Crippen LogP contribution in [0.5, 0.6) is 5.75 Å². The summed E-state index contributed by atoms with van der Waals surface area (Å²) >= 11 is 0. The molecule has 1 N–H and O–H groups in total. The number of likely N-dealkylation sites (tertiary alicyclic amines) is 1. The molecule has 1 fully saturated rings. The topological polar surface area (TPSA) is 66.8 Å². The Morgan fingerprint density at radius 2 is 2.04 bits per heavy atom. The summed E-state index contributed by atoms with van der Waals surface area (Å²) < 4.78 is 5.64. The zero-order chi connectivity index (χ0) is 16.8. The van der Waals surface area contributed by atoms with Crippen LogP contribution in [-0.2, 0) is 9.59 Å². The summed E-state index contributed by atoms with van der Waals surface area (Å²) in [6.45, 7) is 5.37. The van der Waals surface area contributed by atoms with Crippen molar-refractivity contribution in [3.05, 3.63) is 30.3 Å². The monoisotopic (exact) mass is 319 g/mol. The molecule has 1 aliphatic rings. The first-order valence-electron chi connectivity index (χ1n) is 8.18. The zero-order valence-corrected chi connectivity index (χ0v) is 13.8. The van der Waals surface area contributed by atoms with E-state index in [0.29, 0.717) is 32.5 Å². The first-order chi connectivity index (χ1) is 11.0. The highest BCUT2D eigenvalue weighted by molar-refractivity contribution is 5.79. The summed E-state index contributed by atoms with van der Waals surface area (Å²) in [5.74, 6) is -0.310. The van der Waals surface area contributed by atoms with Crippen molar-refractivity contribution in [2.45, 2.75) is 26.7 Å². The van der Waals surface area contributed by atoms with Crippen LogP contribution in [0.2, 0.25) is 0 Å². The standard InChI is InChI=1S/C18H25NO4/c1-13(9-11-23-15-6-4-3-5-7-15)17(20)19-10-8-16(18(21)22)14(2)12-19/h3-7,13-14,16H,8-12H2,1-2H3,(H,21,22). The SMILES string of the molecule is CC(CCOc1ccccc1)C(=O)N1CCC(C(=O)O)C(C)C1. The molecule has 0 saturated carbocycles. The van der Waals surface area contributed by atoms with E-state index in [9.17, 15) is 9.59 Å². The van der Waals surface area contributed by atoms with Gasteiger partial charge in [0.1, 0.15) is 5.75 Å². The molecule has 1 aromatic carbocycles. The smallest absolute Gasteiger partial charge is 0.306 e. The second-order valence-corrected chi connectivity index (χ2v) is 6.35. The van der Waals surface area contributed by atoms with Crippen LogP contribution >= 0.6 is 0 Å². The number of amides is 1. The van der Waals surface area contributed by atoms with E-state index in [-0.39, 0.29) is 23.7 Å². The van der Waals surface area contributed by atoms with Gasteiger partial charge in [-0.1, -0.05) is 32.0 Å². The third-order valence-electron chi connectivity index (χ3n) is 4.52. The molecule has 0 aromatic heterocycles. The Hall–Kier alpha value is -2.04. The molecule has 3 atom stereocenters. The van der Waals surface area contributed by atoms with Crippen LogP contribution in [0.25, 0.3) is 0 Å². The number of ether oxygens (including phenoxy) is 1. The first-order valence-corrected chi connectivity index (χ1v) is 8.18. The Bertz CT molecular complexity index is 531. The summed E-state index contributed by atoms with van der Waals surface area (Å²) in [6, 6.07) is 9.55. The Kier molecular flexibility index (Phi) is 6.02.